The predicted octanol–water partition coefficient (Wildman–Crippen LogP) is 5.03. The summed E-state index contributed by atoms with van der Waals surface area (Å²) in [7, 11) is 0. The summed E-state index contributed by atoms with van der Waals surface area (Å²) in [6, 6.07) is 20.3. The topological polar surface area (TPSA) is 104 Å². The van der Waals surface area contributed by atoms with Gasteiger partial charge in [-0.1, -0.05) is 30.3 Å². The fourth-order valence-electron chi connectivity index (χ4n) is 4.42. The Morgan fingerprint density at radius 3 is 2.82 bits per heavy atom. The first-order valence-electron chi connectivity index (χ1n) is 11.1. The highest BCUT2D eigenvalue weighted by Gasteiger charge is 2.16. The molecule has 1 aliphatic rings. The molecule has 7 rings (SSSR count). The van der Waals surface area contributed by atoms with Crippen molar-refractivity contribution in [1.82, 2.24) is 30.1 Å². The van der Waals surface area contributed by atoms with E-state index >= 15 is 0 Å². The summed E-state index contributed by atoms with van der Waals surface area (Å²) < 4.78 is 6.01. The van der Waals surface area contributed by atoms with Crippen molar-refractivity contribution in [2.45, 2.75) is 0 Å². The van der Waals surface area contributed by atoms with Gasteiger partial charge < -0.3 is 15.0 Å². The number of fused-ring (bicyclic) bond motifs is 9. The third-order valence-electron chi connectivity index (χ3n) is 6.05. The molecule has 0 aliphatic carbocycles. The lowest BCUT2D eigenvalue weighted by molar-refractivity contribution is 0.333. The number of nitrogens with zero attached hydrogens (tertiary/aromatic N) is 4. The number of rotatable bonds is 0. The third-order valence-corrected chi connectivity index (χ3v) is 6.05. The van der Waals surface area contributed by atoms with Gasteiger partial charge in [0.25, 0.3) is 0 Å². The molecule has 1 aliphatic heterocycles. The Hall–Kier alpha value is -4.72. The third kappa shape index (κ3) is 3.07. The molecule has 3 N–H and O–H groups in total. The van der Waals surface area contributed by atoms with Gasteiger partial charge >= 0.3 is 0 Å². The molecule has 0 unspecified atom stereocenters. The highest BCUT2D eigenvalue weighted by molar-refractivity contribution is 5.98. The molecule has 0 fully saturated rings. The van der Waals surface area contributed by atoms with E-state index in [1.807, 2.05) is 42.5 Å². The van der Waals surface area contributed by atoms with Crippen LogP contribution in [0.15, 0.2) is 73.1 Å². The summed E-state index contributed by atoms with van der Waals surface area (Å²) in [5.41, 5.74) is 7.35. The van der Waals surface area contributed by atoms with Gasteiger partial charge in [0.1, 0.15) is 23.9 Å². The number of ether oxygens (including phenoxy) is 1. The van der Waals surface area contributed by atoms with Gasteiger partial charge in [-0.25, -0.2) is 9.97 Å². The molecule has 0 spiro atoms. The second-order valence-corrected chi connectivity index (χ2v) is 8.21. The Bertz CT molecular complexity index is 1680. The minimum absolute atomic E-state index is 0.496. The van der Waals surface area contributed by atoms with E-state index in [2.05, 4.69) is 43.7 Å². The first-order valence-corrected chi connectivity index (χ1v) is 11.1. The predicted molar refractivity (Wildman–Crippen MR) is 132 cm³/mol. The Labute approximate surface area is 194 Å². The van der Waals surface area contributed by atoms with Crippen LogP contribution in [-0.4, -0.2) is 43.3 Å². The van der Waals surface area contributed by atoms with Crippen LogP contribution in [0.4, 0.5) is 5.82 Å². The second kappa shape index (κ2) is 7.41. The number of aromatic nitrogens is 6. The van der Waals surface area contributed by atoms with Crippen molar-refractivity contribution in [3.05, 3.63) is 73.1 Å². The Morgan fingerprint density at radius 1 is 0.853 bits per heavy atom. The summed E-state index contributed by atoms with van der Waals surface area (Å²) in [5.74, 6) is 2.21. The van der Waals surface area contributed by atoms with E-state index in [0.717, 1.165) is 55.8 Å². The number of nitrogens with one attached hydrogen (secondary N) is 3. The van der Waals surface area contributed by atoms with Crippen LogP contribution in [0.1, 0.15) is 0 Å². The van der Waals surface area contributed by atoms with Crippen molar-refractivity contribution < 1.29 is 4.74 Å². The first kappa shape index (κ1) is 18.8. The molecular weight excluding hydrogens is 426 g/mol. The summed E-state index contributed by atoms with van der Waals surface area (Å²) in [6.07, 6.45) is 3.48. The zero-order valence-electron chi connectivity index (χ0n) is 18.0. The van der Waals surface area contributed by atoms with Gasteiger partial charge in [0.05, 0.1) is 41.2 Å². The molecule has 6 aromatic rings. The van der Waals surface area contributed by atoms with Crippen molar-refractivity contribution in [2.75, 3.05) is 18.5 Å². The summed E-state index contributed by atoms with van der Waals surface area (Å²) in [6.45, 7) is 1.10. The molecule has 34 heavy (non-hydrogen) atoms. The minimum atomic E-state index is 0.496. The number of hydrogen-bond acceptors (Lipinski definition) is 6. The van der Waals surface area contributed by atoms with E-state index in [9.17, 15) is 0 Å². The highest BCUT2D eigenvalue weighted by atomic mass is 16.5. The average molecular weight is 445 g/mol. The summed E-state index contributed by atoms with van der Waals surface area (Å²) >= 11 is 0. The van der Waals surface area contributed by atoms with E-state index in [1.54, 1.807) is 12.4 Å². The molecule has 4 heterocycles. The number of hydrogen-bond donors (Lipinski definition) is 3. The zero-order chi connectivity index (χ0) is 22.5. The van der Waals surface area contributed by atoms with E-state index in [4.69, 9.17) is 14.7 Å². The molecule has 0 radical (unpaired) electrons. The molecular formula is C26H19N7O. The lowest BCUT2D eigenvalue weighted by Gasteiger charge is -2.10. The van der Waals surface area contributed by atoms with E-state index in [-0.39, 0.29) is 0 Å². The highest BCUT2D eigenvalue weighted by Crippen LogP contribution is 2.34. The van der Waals surface area contributed by atoms with Crippen LogP contribution in [0, 0.1) is 0 Å². The Kier molecular flexibility index (Phi) is 4.10. The molecule has 0 saturated heterocycles. The lowest BCUT2D eigenvalue weighted by atomic mass is 10.0. The maximum atomic E-state index is 6.01. The number of imidazole rings is 1. The van der Waals surface area contributed by atoms with Gasteiger partial charge in [-0.05, 0) is 35.9 Å². The van der Waals surface area contributed by atoms with Crippen molar-refractivity contribution in [2.24, 2.45) is 0 Å². The van der Waals surface area contributed by atoms with Gasteiger partial charge in [0.2, 0.25) is 0 Å². The van der Waals surface area contributed by atoms with Crippen LogP contribution < -0.4 is 10.1 Å². The van der Waals surface area contributed by atoms with E-state index in [1.165, 1.54) is 0 Å². The number of benzene rings is 3. The maximum absolute atomic E-state index is 6.01. The zero-order valence-corrected chi connectivity index (χ0v) is 18.0. The summed E-state index contributed by atoms with van der Waals surface area (Å²) in [4.78, 5) is 17.5. The van der Waals surface area contributed by atoms with Gasteiger partial charge in [-0.15, -0.1) is 0 Å². The molecule has 8 nitrogen and oxygen atoms in total. The van der Waals surface area contributed by atoms with Crippen molar-refractivity contribution >= 4 is 27.8 Å². The maximum Gasteiger partial charge on any atom is 0.159 e. The van der Waals surface area contributed by atoms with Crippen LogP contribution in [-0.2, 0) is 0 Å². The number of aromatic amines is 2. The normalized spacial score (nSPS) is 12.9. The van der Waals surface area contributed by atoms with Crippen LogP contribution in [0.5, 0.6) is 5.75 Å². The standard InChI is InChI=1S/C26H19N7O/c1-3-15-11-17(4-1)34-10-9-28-23-14-27-13-22(29-23)16-7-8-20-19(12-16)25(33-32-20)26-30-21-6-2-5-18(15)24(21)31-26/h1-8,11-14H,9-10H2,(H,28,29)(H,30,31)(H,32,33). The quantitative estimate of drug-likeness (QED) is 0.303. The fraction of sp³-hybridized carbons (Fsp3) is 0.0769. The van der Waals surface area contributed by atoms with Crippen LogP contribution >= 0.6 is 0 Å². The molecule has 0 atom stereocenters. The molecule has 164 valence electrons. The monoisotopic (exact) mass is 445 g/mol. The number of para-hydroxylation sites is 1. The average Bonchev–Trinajstić information content (AvgIpc) is 3.50. The van der Waals surface area contributed by atoms with Crippen LogP contribution in [0.3, 0.4) is 0 Å². The molecule has 0 amide bonds. The van der Waals surface area contributed by atoms with Gasteiger partial charge in [-0.2, -0.15) is 5.10 Å². The molecule has 8 bridgehead atoms. The van der Waals surface area contributed by atoms with E-state index < -0.39 is 0 Å². The lowest BCUT2D eigenvalue weighted by Crippen LogP contribution is -2.12. The minimum Gasteiger partial charge on any atom is -0.492 e. The van der Waals surface area contributed by atoms with Crippen molar-refractivity contribution in [3.63, 3.8) is 0 Å². The number of H-pyrrole nitrogens is 2. The Balaban J connectivity index is 1.47. The van der Waals surface area contributed by atoms with Crippen molar-refractivity contribution in [3.8, 4) is 39.7 Å². The Morgan fingerprint density at radius 2 is 1.82 bits per heavy atom. The summed E-state index contributed by atoms with van der Waals surface area (Å²) in [5, 5.41) is 12.0. The van der Waals surface area contributed by atoms with Crippen LogP contribution in [0.2, 0.25) is 0 Å². The molecule has 3 aromatic carbocycles. The van der Waals surface area contributed by atoms with E-state index in [0.29, 0.717) is 24.8 Å². The molecule has 8 heteroatoms. The largest absolute Gasteiger partial charge is 0.492 e. The van der Waals surface area contributed by atoms with Crippen LogP contribution in [0.25, 0.3) is 55.8 Å². The van der Waals surface area contributed by atoms with Crippen molar-refractivity contribution in [1.29, 1.82) is 0 Å². The van der Waals surface area contributed by atoms with Gasteiger partial charge in [-0.3, -0.25) is 10.1 Å². The van der Waals surface area contributed by atoms with Gasteiger partial charge in [0.15, 0.2) is 5.82 Å². The SMILES string of the molecule is c1cc2cc(c1)-c1cccc3[nH]c(nc13)-c1n[nH]c3ccc(cc13)-c1cncc(n1)NCCO2. The smallest absolute Gasteiger partial charge is 0.159 e. The molecule has 3 aromatic heterocycles. The second-order valence-electron chi connectivity index (χ2n) is 8.21. The molecule has 0 saturated carbocycles. The first-order chi connectivity index (χ1) is 16.8. The number of anilines is 1. The fourth-order valence-corrected chi connectivity index (χ4v) is 4.42. The van der Waals surface area contributed by atoms with Gasteiger partial charge in [0, 0.05) is 16.5 Å².